The first-order valence-corrected chi connectivity index (χ1v) is 7.35. The molecule has 0 aliphatic carbocycles. The van der Waals surface area contributed by atoms with Crippen LogP contribution in [0.2, 0.25) is 0 Å². The minimum absolute atomic E-state index is 0.331. The number of esters is 1. The molecule has 1 atom stereocenters. The molecular formula is C15H24N4O2. The van der Waals surface area contributed by atoms with Crippen molar-refractivity contribution < 1.29 is 9.53 Å². The Kier molecular flexibility index (Phi) is 5.01. The van der Waals surface area contributed by atoms with Crippen molar-refractivity contribution in [3.05, 3.63) is 17.8 Å². The van der Waals surface area contributed by atoms with Gasteiger partial charge in [0.05, 0.1) is 19.0 Å². The van der Waals surface area contributed by atoms with Gasteiger partial charge in [-0.2, -0.15) is 0 Å². The number of likely N-dealkylation sites (N-methyl/N-ethyl adjacent to an activating group) is 1. The lowest BCUT2D eigenvalue weighted by atomic mass is 10.1. The van der Waals surface area contributed by atoms with Crippen molar-refractivity contribution in [3.8, 4) is 0 Å². The summed E-state index contributed by atoms with van der Waals surface area (Å²) < 4.78 is 4.87. The van der Waals surface area contributed by atoms with Gasteiger partial charge < -0.3 is 20.3 Å². The Balaban J connectivity index is 2.40. The second-order valence-electron chi connectivity index (χ2n) is 5.50. The molecule has 1 aromatic heterocycles. The molecule has 0 bridgehead atoms. The SMILES string of the molecule is CCC1CN(C)CCCN1c1ncc(N)cc1C(=O)OC. The minimum atomic E-state index is -0.391. The zero-order chi connectivity index (χ0) is 15.4. The smallest absolute Gasteiger partial charge is 0.341 e. The third kappa shape index (κ3) is 3.44. The average Bonchev–Trinajstić information content (AvgIpc) is 2.67. The molecule has 0 radical (unpaired) electrons. The summed E-state index contributed by atoms with van der Waals surface area (Å²) in [5.41, 5.74) is 6.69. The normalized spacial score (nSPS) is 20.1. The van der Waals surface area contributed by atoms with Crippen molar-refractivity contribution in [2.75, 3.05) is 44.4 Å². The maximum Gasteiger partial charge on any atom is 0.341 e. The van der Waals surface area contributed by atoms with Crippen LogP contribution in [0.1, 0.15) is 30.1 Å². The molecule has 2 heterocycles. The Morgan fingerprint density at radius 2 is 2.29 bits per heavy atom. The van der Waals surface area contributed by atoms with E-state index in [-0.39, 0.29) is 0 Å². The number of carbonyl (C=O) groups is 1. The molecule has 1 aliphatic rings. The molecular weight excluding hydrogens is 268 g/mol. The van der Waals surface area contributed by atoms with Crippen LogP contribution in [0.25, 0.3) is 0 Å². The number of hydrogen-bond acceptors (Lipinski definition) is 6. The molecule has 0 spiro atoms. The molecule has 6 heteroatoms. The van der Waals surface area contributed by atoms with Crippen molar-refractivity contribution in [2.24, 2.45) is 0 Å². The molecule has 1 aromatic rings. The number of hydrogen-bond donors (Lipinski definition) is 1. The van der Waals surface area contributed by atoms with Crippen LogP contribution >= 0.6 is 0 Å². The van der Waals surface area contributed by atoms with Gasteiger partial charge in [-0.15, -0.1) is 0 Å². The lowest BCUT2D eigenvalue weighted by molar-refractivity contribution is 0.0601. The van der Waals surface area contributed by atoms with Crippen molar-refractivity contribution in [1.29, 1.82) is 0 Å². The fourth-order valence-corrected chi connectivity index (χ4v) is 2.83. The van der Waals surface area contributed by atoms with E-state index in [0.717, 1.165) is 32.5 Å². The summed E-state index contributed by atoms with van der Waals surface area (Å²) in [5, 5.41) is 0. The summed E-state index contributed by atoms with van der Waals surface area (Å²) in [7, 11) is 3.51. The topological polar surface area (TPSA) is 71.7 Å². The monoisotopic (exact) mass is 292 g/mol. The van der Waals surface area contributed by atoms with Gasteiger partial charge in [0.2, 0.25) is 0 Å². The van der Waals surface area contributed by atoms with E-state index >= 15 is 0 Å². The van der Waals surface area contributed by atoms with Crippen molar-refractivity contribution >= 4 is 17.5 Å². The van der Waals surface area contributed by atoms with Gasteiger partial charge in [-0.1, -0.05) is 6.92 Å². The van der Waals surface area contributed by atoms with Gasteiger partial charge in [0, 0.05) is 19.1 Å². The number of methoxy groups -OCH3 is 1. The van der Waals surface area contributed by atoms with Crippen molar-refractivity contribution in [3.63, 3.8) is 0 Å². The Morgan fingerprint density at radius 1 is 1.52 bits per heavy atom. The van der Waals surface area contributed by atoms with Gasteiger partial charge >= 0.3 is 5.97 Å². The maximum absolute atomic E-state index is 12.0. The largest absolute Gasteiger partial charge is 0.465 e. The predicted octanol–water partition coefficient (Wildman–Crippen LogP) is 1.37. The highest BCUT2D eigenvalue weighted by molar-refractivity contribution is 5.95. The number of nitrogens with two attached hydrogens (primary N) is 1. The van der Waals surface area contributed by atoms with Gasteiger partial charge in [-0.25, -0.2) is 9.78 Å². The van der Waals surface area contributed by atoms with E-state index in [1.54, 1.807) is 12.3 Å². The second kappa shape index (κ2) is 6.76. The van der Waals surface area contributed by atoms with Crippen LogP contribution in [0.4, 0.5) is 11.5 Å². The van der Waals surface area contributed by atoms with Gasteiger partial charge in [0.25, 0.3) is 0 Å². The van der Waals surface area contributed by atoms with Gasteiger partial charge in [0.15, 0.2) is 0 Å². The van der Waals surface area contributed by atoms with Crippen LogP contribution in [0.3, 0.4) is 0 Å². The molecule has 1 fully saturated rings. The maximum atomic E-state index is 12.0. The summed E-state index contributed by atoms with van der Waals surface area (Å²) in [6, 6.07) is 1.98. The molecule has 1 unspecified atom stereocenters. The van der Waals surface area contributed by atoms with E-state index in [0.29, 0.717) is 23.1 Å². The first-order valence-electron chi connectivity index (χ1n) is 7.35. The summed E-state index contributed by atoms with van der Waals surface area (Å²) in [5.74, 6) is 0.287. The predicted molar refractivity (Wildman–Crippen MR) is 83.5 cm³/mol. The number of pyridine rings is 1. The average molecular weight is 292 g/mol. The first kappa shape index (κ1) is 15.6. The minimum Gasteiger partial charge on any atom is -0.465 e. The zero-order valence-electron chi connectivity index (χ0n) is 13.0. The molecule has 2 rings (SSSR count). The van der Waals surface area contributed by atoms with Gasteiger partial charge in [-0.05, 0) is 32.5 Å². The Labute approximate surface area is 125 Å². The number of ether oxygens (including phenoxy) is 1. The van der Waals surface area contributed by atoms with E-state index in [1.165, 1.54) is 7.11 Å². The quantitative estimate of drug-likeness (QED) is 0.848. The third-order valence-electron chi connectivity index (χ3n) is 3.94. The zero-order valence-corrected chi connectivity index (χ0v) is 13.0. The molecule has 116 valence electrons. The molecule has 0 saturated carbocycles. The van der Waals surface area contributed by atoms with E-state index in [9.17, 15) is 4.79 Å². The number of nitrogen functional groups attached to an aromatic ring is 1. The van der Waals surface area contributed by atoms with Crippen LogP contribution in [0.15, 0.2) is 12.3 Å². The summed E-state index contributed by atoms with van der Waals surface area (Å²) >= 11 is 0. The third-order valence-corrected chi connectivity index (χ3v) is 3.94. The molecule has 0 aromatic carbocycles. The van der Waals surface area contributed by atoms with E-state index in [4.69, 9.17) is 10.5 Å². The molecule has 2 N–H and O–H groups in total. The highest BCUT2D eigenvalue weighted by Gasteiger charge is 2.27. The van der Waals surface area contributed by atoms with E-state index in [2.05, 4.69) is 28.8 Å². The fraction of sp³-hybridized carbons (Fsp3) is 0.600. The lowest BCUT2D eigenvalue weighted by Gasteiger charge is -2.32. The second-order valence-corrected chi connectivity index (χ2v) is 5.50. The standard InChI is InChI=1S/C15H24N4O2/c1-4-12-10-18(2)6-5-7-19(12)14-13(15(20)21-3)8-11(16)9-17-14/h8-9,12H,4-7,10,16H2,1-3H3. The van der Waals surface area contributed by atoms with Crippen molar-refractivity contribution in [2.45, 2.75) is 25.8 Å². The Bertz CT molecular complexity index is 506. The fourth-order valence-electron chi connectivity index (χ4n) is 2.83. The van der Waals surface area contributed by atoms with Crippen molar-refractivity contribution in [1.82, 2.24) is 9.88 Å². The van der Waals surface area contributed by atoms with Crippen LogP contribution < -0.4 is 10.6 Å². The number of aromatic nitrogens is 1. The molecule has 6 nitrogen and oxygen atoms in total. The van der Waals surface area contributed by atoms with Crippen LogP contribution in [0, 0.1) is 0 Å². The first-order chi connectivity index (χ1) is 10.1. The van der Waals surface area contributed by atoms with Crippen LogP contribution in [-0.4, -0.2) is 55.7 Å². The summed E-state index contributed by atoms with van der Waals surface area (Å²) in [6.07, 6.45) is 3.64. The highest BCUT2D eigenvalue weighted by Crippen LogP contribution is 2.25. The van der Waals surface area contributed by atoms with Crippen LogP contribution in [0.5, 0.6) is 0 Å². The Morgan fingerprint density at radius 3 is 2.95 bits per heavy atom. The van der Waals surface area contributed by atoms with Gasteiger partial charge in [0.1, 0.15) is 11.4 Å². The summed E-state index contributed by atoms with van der Waals surface area (Å²) in [4.78, 5) is 21.0. The molecule has 21 heavy (non-hydrogen) atoms. The lowest BCUT2D eigenvalue weighted by Crippen LogP contribution is -2.41. The van der Waals surface area contributed by atoms with Gasteiger partial charge in [-0.3, -0.25) is 0 Å². The number of rotatable bonds is 3. The molecule has 1 saturated heterocycles. The molecule has 0 amide bonds. The van der Waals surface area contributed by atoms with Crippen LogP contribution in [-0.2, 0) is 4.74 Å². The number of carbonyl (C=O) groups excluding carboxylic acids is 1. The summed E-state index contributed by atoms with van der Waals surface area (Å²) in [6.45, 7) is 5.05. The van der Waals surface area contributed by atoms with E-state index in [1.807, 2.05) is 0 Å². The molecule has 1 aliphatic heterocycles. The number of nitrogens with zero attached hydrogens (tertiary/aromatic N) is 3. The highest BCUT2D eigenvalue weighted by atomic mass is 16.5. The Hall–Kier alpha value is -1.82. The number of anilines is 2. The van der Waals surface area contributed by atoms with E-state index < -0.39 is 5.97 Å².